The zero-order valence-corrected chi connectivity index (χ0v) is 16.6. The minimum Gasteiger partial charge on any atom is -0.502 e. The summed E-state index contributed by atoms with van der Waals surface area (Å²) in [6, 6.07) is 20.4. The molecule has 0 saturated carbocycles. The summed E-state index contributed by atoms with van der Waals surface area (Å²) in [6.07, 6.45) is 1.44. The molecule has 0 saturated heterocycles. The average Bonchev–Trinajstić information content (AvgIpc) is 2.79. The molecule has 3 aromatic carbocycles. The highest BCUT2D eigenvalue weighted by molar-refractivity contribution is 6.31. The second-order valence-corrected chi connectivity index (χ2v) is 6.35. The fraction of sp³-hybridized carbons (Fsp3) is 0.0833. The number of ether oxygens (including phenoxy) is 2. The van der Waals surface area contributed by atoms with Crippen molar-refractivity contribution in [2.24, 2.45) is 0 Å². The molecular weight excluding hydrogens is 382 g/mol. The van der Waals surface area contributed by atoms with Gasteiger partial charge >= 0.3 is 0 Å². The van der Waals surface area contributed by atoms with E-state index in [9.17, 15) is 14.7 Å². The van der Waals surface area contributed by atoms with E-state index in [4.69, 9.17) is 9.47 Å². The molecule has 0 radical (unpaired) electrons. The SMILES string of the molecule is COc1cc(/C=C(/C(=O)Nc2ccccc2)C(=O)c2ccccc2)cc(OC)c1O. The number of hydrogen-bond acceptors (Lipinski definition) is 5. The predicted molar refractivity (Wildman–Crippen MR) is 115 cm³/mol. The molecule has 0 aliphatic carbocycles. The summed E-state index contributed by atoms with van der Waals surface area (Å²) in [4.78, 5) is 26.1. The van der Waals surface area contributed by atoms with Crippen molar-refractivity contribution in [1.29, 1.82) is 0 Å². The van der Waals surface area contributed by atoms with Gasteiger partial charge in [-0.15, -0.1) is 0 Å². The molecule has 30 heavy (non-hydrogen) atoms. The number of ketones is 1. The quantitative estimate of drug-likeness (QED) is 0.266. The first kappa shape index (κ1) is 20.7. The van der Waals surface area contributed by atoms with Crippen LogP contribution in [-0.4, -0.2) is 31.0 Å². The van der Waals surface area contributed by atoms with E-state index in [1.807, 2.05) is 6.07 Å². The first-order chi connectivity index (χ1) is 14.5. The summed E-state index contributed by atoms with van der Waals surface area (Å²) < 4.78 is 10.3. The van der Waals surface area contributed by atoms with Crippen LogP contribution in [0.15, 0.2) is 78.4 Å². The van der Waals surface area contributed by atoms with Crippen LogP contribution in [0.2, 0.25) is 0 Å². The number of phenolic OH excluding ortho intramolecular Hbond substituents is 1. The molecule has 3 aromatic rings. The van der Waals surface area contributed by atoms with Crippen LogP contribution in [0.4, 0.5) is 5.69 Å². The lowest BCUT2D eigenvalue weighted by Gasteiger charge is -2.12. The smallest absolute Gasteiger partial charge is 0.259 e. The molecule has 1 amide bonds. The highest BCUT2D eigenvalue weighted by atomic mass is 16.5. The number of amides is 1. The van der Waals surface area contributed by atoms with Crippen LogP contribution in [0, 0.1) is 0 Å². The number of hydrogen-bond donors (Lipinski definition) is 2. The topological polar surface area (TPSA) is 84.9 Å². The number of nitrogens with one attached hydrogen (secondary N) is 1. The van der Waals surface area contributed by atoms with Gasteiger partial charge in [-0.2, -0.15) is 0 Å². The van der Waals surface area contributed by atoms with Crippen molar-refractivity contribution in [3.8, 4) is 17.2 Å². The van der Waals surface area contributed by atoms with Gasteiger partial charge in [-0.05, 0) is 35.9 Å². The van der Waals surface area contributed by atoms with Gasteiger partial charge in [0, 0.05) is 11.3 Å². The highest BCUT2D eigenvalue weighted by Crippen LogP contribution is 2.37. The van der Waals surface area contributed by atoms with Crippen molar-refractivity contribution in [3.05, 3.63) is 89.5 Å². The number of carbonyl (C=O) groups is 2. The van der Waals surface area contributed by atoms with Gasteiger partial charge < -0.3 is 19.9 Å². The normalized spacial score (nSPS) is 10.9. The molecular formula is C24H21NO5. The Hall–Kier alpha value is -4.06. The molecule has 6 heteroatoms. The summed E-state index contributed by atoms with van der Waals surface area (Å²) in [5.74, 6) is -0.830. The molecule has 0 bridgehead atoms. The van der Waals surface area contributed by atoms with Crippen LogP contribution in [0.1, 0.15) is 15.9 Å². The summed E-state index contributed by atoms with van der Waals surface area (Å²) >= 11 is 0. The molecule has 0 atom stereocenters. The van der Waals surface area contributed by atoms with Crippen LogP contribution in [0.5, 0.6) is 17.2 Å². The Morgan fingerprint density at radius 3 is 1.93 bits per heavy atom. The van der Waals surface area contributed by atoms with Gasteiger partial charge in [0.1, 0.15) is 0 Å². The van der Waals surface area contributed by atoms with Crippen LogP contribution in [-0.2, 0) is 4.79 Å². The van der Waals surface area contributed by atoms with Gasteiger partial charge in [0.2, 0.25) is 5.75 Å². The summed E-state index contributed by atoms with van der Waals surface area (Å²) in [6.45, 7) is 0. The standard InChI is InChI=1S/C24H21NO5/c1-29-20-14-16(15-21(30-2)23(20)27)13-19(22(26)17-9-5-3-6-10-17)24(28)25-18-11-7-4-8-12-18/h3-15,27H,1-2H3,(H,25,28)/b19-13+. The molecule has 3 rings (SSSR count). The van der Waals surface area contributed by atoms with Crippen molar-refractivity contribution in [2.45, 2.75) is 0 Å². The molecule has 0 aromatic heterocycles. The third-order valence-corrected chi connectivity index (χ3v) is 4.37. The van der Waals surface area contributed by atoms with E-state index in [0.29, 0.717) is 16.8 Å². The Kier molecular flexibility index (Phi) is 6.49. The zero-order valence-electron chi connectivity index (χ0n) is 16.6. The third-order valence-electron chi connectivity index (χ3n) is 4.37. The Morgan fingerprint density at radius 2 is 1.40 bits per heavy atom. The van der Waals surface area contributed by atoms with E-state index < -0.39 is 11.7 Å². The van der Waals surface area contributed by atoms with Crippen molar-refractivity contribution in [3.63, 3.8) is 0 Å². The Balaban J connectivity index is 2.07. The van der Waals surface area contributed by atoms with Crippen molar-refractivity contribution in [2.75, 3.05) is 19.5 Å². The number of anilines is 1. The molecule has 0 spiro atoms. The van der Waals surface area contributed by atoms with E-state index in [2.05, 4.69) is 5.32 Å². The Bertz CT molecular complexity index is 1050. The number of phenols is 1. The van der Waals surface area contributed by atoms with Crippen molar-refractivity contribution >= 4 is 23.5 Å². The van der Waals surface area contributed by atoms with E-state index in [0.717, 1.165) is 0 Å². The fourth-order valence-electron chi connectivity index (χ4n) is 2.86. The lowest BCUT2D eigenvalue weighted by atomic mass is 9.99. The number of rotatable bonds is 7. The van der Waals surface area contributed by atoms with E-state index in [1.54, 1.807) is 54.6 Å². The molecule has 0 unspecified atom stereocenters. The van der Waals surface area contributed by atoms with E-state index >= 15 is 0 Å². The number of Topliss-reactive ketones (excluding diaryl/α,β-unsaturated/α-hetero) is 1. The number of para-hydroxylation sites is 1. The van der Waals surface area contributed by atoms with Crippen LogP contribution in [0.3, 0.4) is 0 Å². The second kappa shape index (κ2) is 9.43. The van der Waals surface area contributed by atoms with Crippen LogP contribution < -0.4 is 14.8 Å². The third kappa shape index (κ3) is 4.67. The average molecular weight is 403 g/mol. The fourth-order valence-corrected chi connectivity index (χ4v) is 2.86. The molecule has 152 valence electrons. The predicted octanol–water partition coefficient (Wildman–Crippen LogP) is 4.31. The van der Waals surface area contributed by atoms with Gasteiger partial charge in [-0.25, -0.2) is 0 Å². The first-order valence-electron chi connectivity index (χ1n) is 9.16. The number of carbonyl (C=O) groups excluding carboxylic acids is 2. The minimum absolute atomic E-state index is 0.0696. The van der Waals surface area contributed by atoms with Crippen molar-refractivity contribution in [1.82, 2.24) is 0 Å². The van der Waals surface area contributed by atoms with Crippen LogP contribution in [0.25, 0.3) is 6.08 Å². The number of benzene rings is 3. The molecule has 0 heterocycles. The summed E-state index contributed by atoms with van der Waals surface area (Å²) in [5, 5.41) is 12.9. The lowest BCUT2D eigenvalue weighted by molar-refractivity contribution is -0.112. The minimum atomic E-state index is -0.555. The lowest BCUT2D eigenvalue weighted by Crippen LogP contribution is -2.20. The first-order valence-corrected chi connectivity index (χ1v) is 9.16. The molecule has 0 aliphatic heterocycles. The second-order valence-electron chi connectivity index (χ2n) is 6.35. The zero-order chi connectivity index (χ0) is 21.5. The van der Waals surface area contributed by atoms with Crippen LogP contribution >= 0.6 is 0 Å². The maximum absolute atomic E-state index is 13.1. The Morgan fingerprint density at radius 1 is 0.867 bits per heavy atom. The molecule has 2 N–H and O–H groups in total. The Labute approximate surface area is 174 Å². The van der Waals surface area contributed by atoms with Gasteiger partial charge in [-0.1, -0.05) is 48.5 Å². The van der Waals surface area contributed by atoms with E-state index in [-0.39, 0.29) is 22.8 Å². The molecule has 0 fully saturated rings. The van der Waals surface area contributed by atoms with Gasteiger partial charge in [-0.3, -0.25) is 9.59 Å². The maximum Gasteiger partial charge on any atom is 0.259 e. The summed E-state index contributed by atoms with van der Waals surface area (Å²) in [7, 11) is 2.81. The van der Waals surface area contributed by atoms with Gasteiger partial charge in [0.05, 0.1) is 19.8 Å². The monoisotopic (exact) mass is 403 g/mol. The molecule has 0 aliphatic rings. The van der Waals surface area contributed by atoms with Gasteiger partial charge in [0.25, 0.3) is 5.91 Å². The largest absolute Gasteiger partial charge is 0.502 e. The number of aromatic hydroxyl groups is 1. The van der Waals surface area contributed by atoms with E-state index in [1.165, 1.54) is 32.4 Å². The number of methoxy groups -OCH3 is 2. The molecule has 6 nitrogen and oxygen atoms in total. The maximum atomic E-state index is 13.1. The van der Waals surface area contributed by atoms with Crippen molar-refractivity contribution < 1.29 is 24.2 Å². The summed E-state index contributed by atoms with van der Waals surface area (Å²) in [5.41, 5.74) is 1.34. The highest BCUT2D eigenvalue weighted by Gasteiger charge is 2.21. The van der Waals surface area contributed by atoms with Gasteiger partial charge in [0.15, 0.2) is 17.3 Å².